The summed E-state index contributed by atoms with van der Waals surface area (Å²) in [6.07, 6.45) is 1.51. The summed E-state index contributed by atoms with van der Waals surface area (Å²) < 4.78 is 0. The van der Waals surface area contributed by atoms with Crippen molar-refractivity contribution in [2.75, 3.05) is 0 Å². The number of H-pyrrole nitrogens is 1. The van der Waals surface area contributed by atoms with Crippen LogP contribution < -0.4 is 11.3 Å². The van der Waals surface area contributed by atoms with E-state index in [9.17, 15) is 4.79 Å². The highest BCUT2D eigenvalue weighted by Gasteiger charge is 2.20. The summed E-state index contributed by atoms with van der Waals surface area (Å²) in [7, 11) is 0. The molecule has 0 aliphatic carbocycles. The Morgan fingerprint density at radius 1 is 1.32 bits per heavy atom. The van der Waals surface area contributed by atoms with Crippen LogP contribution in [-0.4, -0.2) is 16.0 Å². The molecule has 1 aromatic carbocycles. The molecule has 0 spiro atoms. The van der Waals surface area contributed by atoms with E-state index in [0.29, 0.717) is 5.16 Å². The molecule has 5 heteroatoms. The SMILES string of the molecule is Cc1ccccc1C(Sc1nccc(=O)[nH]1)C(C)N. The normalized spacial score (nSPS) is 14.1. The van der Waals surface area contributed by atoms with Gasteiger partial charge in [-0.3, -0.25) is 4.79 Å². The third kappa shape index (κ3) is 3.45. The highest BCUT2D eigenvalue weighted by Crippen LogP contribution is 2.36. The lowest BCUT2D eigenvalue weighted by atomic mass is 10.0. The Morgan fingerprint density at radius 3 is 2.68 bits per heavy atom. The fourth-order valence-electron chi connectivity index (χ4n) is 1.89. The topological polar surface area (TPSA) is 71.8 Å². The summed E-state index contributed by atoms with van der Waals surface area (Å²) in [4.78, 5) is 18.2. The summed E-state index contributed by atoms with van der Waals surface area (Å²) in [5.41, 5.74) is 8.30. The number of nitrogens with zero attached hydrogens (tertiary/aromatic N) is 1. The van der Waals surface area contributed by atoms with Crippen molar-refractivity contribution in [1.82, 2.24) is 9.97 Å². The predicted octanol–water partition coefficient (Wildman–Crippen LogP) is 2.26. The smallest absolute Gasteiger partial charge is 0.251 e. The molecule has 2 unspecified atom stereocenters. The Kier molecular flexibility index (Phi) is 4.39. The van der Waals surface area contributed by atoms with E-state index in [4.69, 9.17) is 5.73 Å². The molecule has 2 rings (SSSR count). The first kappa shape index (κ1) is 13.8. The van der Waals surface area contributed by atoms with Gasteiger partial charge < -0.3 is 10.7 Å². The van der Waals surface area contributed by atoms with Crippen LogP contribution in [0.2, 0.25) is 0 Å². The van der Waals surface area contributed by atoms with E-state index in [1.54, 1.807) is 0 Å². The van der Waals surface area contributed by atoms with Gasteiger partial charge in [-0.1, -0.05) is 36.0 Å². The fourth-order valence-corrected chi connectivity index (χ4v) is 3.02. The van der Waals surface area contributed by atoms with Gasteiger partial charge in [0.15, 0.2) is 5.16 Å². The molecule has 0 saturated carbocycles. The molecule has 100 valence electrons. The maximum Gasteiger partial charge on any atom is 0.251 e. The zero-order valence-electron chi connectivity index (χ0n) is 11.0. The van der Waals surface area contributed by atoms with Crippen LogP contribution in [0.25, 0.3) is 0 Å². The number of nitrogens with two attached hydrogens (primary N) is 1. The van der Waals surface area contributed by atoms with E-state index in [0.717, 1.165) is 0 Å². The van der Waals surface area contributed by atoms with Crippen LogP contribution in [0.1, 0.15) is 23.3 Å². The molecule has 3 N–H and O–H groups in total. The molecule has 0 amide bonds. The average Bonchev–Trinajstić information content (AvgIpc) is 2.37. The second kappa shape index (κ2) is 6.04. The zero-order valence-corrected chi connectivity index (χ0v) is 11.8. The molecule has 0 bridgehead atoms. The average molecular weight is 275 g/mol. The molecule has 4 nitrogen and oxygen atoms in total. The Bertz CT molecular complexity index is 609. The van der Waals surface area contributed by atoms with E-state index in [2.05, 4.69) is 29.0 Å². The van der Waals surface area contributed by atoms with Crippen molar-refractivity contribution in [1.29, 1.82) is 0 Å². The van der Waals surface area contributed by atoms with Gasteiger partial charge in [-0.15, -0.1) is 0 Å². The molecular formula is C14H17N3OS. The summed E-state index contributed by atoms with van der Waals surface area (Å²) in [5, 5.41) is 0.657. The number of rotatable bonds is 4. The molecule has 0 saturated heterocycles. The van der Waals surface area contributed by atoms with Gasteiger partial charge in [-0.05, 0) is 25.0 Å². The minimum Gasteiger partial charge on any atom is -0.327 e. The van der Waals surface area contributed by atoms with E-state index in [1.807, 2.05) is 19.1 Å². The number of hydrogen-bond acceptors (Lipinski definition) is 4. The molecule has 1 heterocycles. The number of aromatic amines is 1. The van der Waals surface area contributed by atoms with Gasteiger partial charge in [-0.25, -0.2) is 4.98 Å². The third-order valence-corrected chi connectivity index (χ3v) is 4.23. The number of aromatic nitrogens is 2. The van der Waals surface area contributed by atoms with Crippen molar-refractivity contribution in [2.24, 2.45) is 5.73 Å². The number of aryl methyl sites for hydroxylation is 1. The Labute approximate surface area is 116 Å². The Balaban J connectivity index is 2.32. The lowest BCUT2D eigenvalue weighted by Gasteiger charge is -2.21. The van der Waals surface area contributed by atoms with Crippen molar-refractivity contribution in [3.63, 3.8) is 0 Å². The van der Waals surface area contributed by atoms with Crippen LogP contribution in [0.4, 0.5) is 0 Å². The minimum absolute atomic E-state index is 0.0448. The van der Waals surface area contributed by atoms with Crippen LogP contribution in [0.3, 0.4) is 0 Å². The summed E-state index contributed by atoms with van der Waals surface area (Å²) in [6.45, 7) is 4.03. The van der Waals surface area contributed by atoms with Gasteiger partial charge in [0.2, 0.25) is 0 Å². The molecule has 2 aromatic rings. The van der Waals surface area contributed by atoms with Crippen LogP contribution in [0, 0.1) is 6.92 Å². The summed E-state index contributed by atoms with van der Waals surface area (Å²) >= 11 is 1.49. The molecule has 1 aromatic heterocycles. The number of hydrogen-bond donors (Lipinski definition) is 2. The maximum atomic E-state index is 11.3. The molecule has 0 radical (unpaired) electrons. The van der Waals surface area contributed by atoms with Gasteiger partial charge >= 0.3 is 0 Å². The zero-order chi connectivity index (χ0) is 13.8. The fraction of sp³-hybridized carbons (Fsp3) is 0.286. The largest absolute Gasteiger partial charge is 0.327 e. The monoisotopic (exact) mass is 275 g/mol. The second-order valence-corrected chi connectivity index (χ2v) is 5.62. The van der Waals surface area contributed by atoms with Crippen molar-refractivity contribution in [2.45, 2.75) is 30.3 Å². The van der Waals surface area contributed by atoms with Gasteiger partial charge in [-0.2, -0.15) is 0 Å². The highest BCUT2D eigenvalue weighted by atomic mass is 32.2. The highest BCUT2D eigenvalue weighted by molar-refractivity contribution is 7.99. The van der Waals surface area contributed by atoms with Crippen molar-refractivity contribution in [3.05, 3.63) is 58.0 Å². The number of nitrogens with one attached hydrogen (secondary N) is 1. The van der Waals surface area contributed by atoms with Crippen LogP contribution in [0.5, 0.6) is 0 Å². The maximum absolute atomic E-state index is 11.3. The molecular weight excluding hydrogens is 258 g/mol. The quantitative estimate of drug-likeness (QED) is 0.663. The first-order valence-corrected chi connectivity index (χ1v) is 6.99. The van der Waals surface area contributed by atoms with E-state index < -0.39 is 0 Å². The lowest BCUT2D eigenvalue weighted by Crippen LogP contribution is -2.23. The molecule has 0 aliphatic rings. The Morgan fingerprint density at radius 2 is 2.05 bits per heavy atom. The first-order valence-electron chi connectivity index (χ1n) is 6.11. The lowest BCUT2D eigenvalue weighted by molar-refractivity contribution is 0.714. The second-order valence-electron chi connectivity index (χ2n) is 4.49. The van der Waals surface area contributed by atoms with Crippen molar-refractivity contribution in [3.8, 4) is 0 Å². The number of benzene rings is 1. The number of thioether (sulfide) groups is 1. The standard InChI is InChI=1S/C14H17N3OS/c1-9-5-3-4-6-11(9)13(10(2)15)19-14-16-8-7-12(18)17-14/h3-8,10,13H,15H2,1-2H3,(H,16,17,18). The van der Waals surface area contributed by atoms with Gasteiger partial charge in [0.1, 0.15) is 0 Å². The predicted molar refractivity (Wildman–Crippen MR) is 78.3 cm³/mol. The van der Waals surface area contributed by atoms with Crippen LogP contribution >= 0.6 is 11.8 Å². The third-order valence-electron chi connectivity index (χ3n) is 2.86. The Hall–Kier alpha value is -1.59. The molecule has 19 heavy (non-hydrogen) atoms. The van der Waals surface area contributed by atoms with E-state index in [1.165, 1.54) is 35.2 Å². The van der Waals surface area contributed by atoms with Gasteiger partial charge in [0.05, 0.1) is 5.25 Å². The molecule has 2 atom stereocenters. The minimum atomic E-state index is -0.147. The molecule has 0 aliphatic heterocycles. The first-order chi connectivity index (χ1) is 9.08. The van der Waals surface area contributed by atoms with E-state index in [-0.39, 0.29) is 16.9 Å². The van der Waals surface area contributed by atoms with Crippen molar-refractivity contribution < 1.29 is 0 Å². The van der Waals surface area contributed by atoms with Crippen LogP contribution in [0.15, 0.2) is 46.5 Å². The van der Waals surface area contributed by atoms with Crippen LogP contribution in [-0.2, 0) is 0 Å². The van der Waals surface area contributed by atoms with Gasteiger partial charge in [0.25, 0.3) is 5.56 Å². The van der Waals surface area contributed by atoms with Gasteiger partial charge in [0, 0.05) is 18.3 Å². The summed E-state index contributed by atoms with van der Waals surface area (Å²) in [5.74, 6) is 0. The summed E-state index contributed by atoms with van der Waals surface area (Å²) in [6, 6.07) is 9.49. The van der Waals surface area contributed by atoms with Crippen molar-refractivity contribution >= 4 is 11.8 Å². The molecule has 0 fully saturated rings. The van der Waals surface area contributed by atoms with E-state index >= 15 is 0 Å².